The van der Waals surface area contributed by atoms with E-state index in [4.69, 9.17) is 20.9 Å². The fourth-order valence-electron chi connectivity index (χ4n) is 4.31. The zero-order valence-corrected chi connectivity index (χ0v) is 26.7. The molecule has 4 aromatic rings. The van der Waals surface area contributed by atoms with Crippen LogP contribution in [0.15, 0.2) is 70.8 Å². The van der Waals surface area contributed by atoms with Gasteiger partial charge in [0.2, 0.25) is 10.0 Å². The van der Waals surface area contributed by atoms with Crippen molar-refractivity contribution in [2.45, 2.75) is 35.1 Å². The van der Waals surface area contributed by atoms with Crippen molar-refractivity contribution in [3.05, 3.63) is 100 Å². The molecule has 0 unspecified atom stereocenters. The van der Waals surface area contributed by atoms with Crippen molar-refractivity contribution in [3.63, 3.8) is 0 Å². The van der Waals surface area contributed by atoms with E-state index in [1.165, 1.54) is 19.2 Å². The lowest BCUT2D eigenvalue weighted by molar-refractivity contribution is 0.413. The number of nitrogens with zero attached hydrogens (tertiary/aromatic N) is 2. The molecular weight excluding hydrogens is 663 g/mol. The van der Waals surface area contributed by atoms with Crippen molar-refractivity contribution >= 4 is 43.5 Å². The van der Waals surface area contributed by atoms with Crippen molar-refractivity contribution in [1.29, 1.82) is 0 Å². The van der Waals surface area contributed by atoms with Gasteiger partial charge in [0, 0.05) is 29.0 Å². The van der Waals surface area contributed by atoms with Crippen molar-refractivity contribution in [2.75, 3.05) is 19.4 Å². The molecule has 0 bridgehead atoms. The predicted octanol–water partition coefficient (Wildman–Crippen LogP) is 5.74. The minimum atomic E-state index is -4.48. The number of benzene rings is 3. The Hall–Kier alpha value is -3.08. The second kappa shape index (κ2) is 13.1. The summed E-state index contributed by atoms with van der Waals surface area (Å²) in [6.07, 6.45) is 1.60. The first-order valence-electron chi connectivity index (χ1n) is 12.8. The molecule has 2 N–H and O–H groups in total. The Labute approximate surface area is 262 Å². The lowest BCUT2D eigenvalue weighted by Crippen LogP contribution is -2.29. The maximum Gasteiger partial charge on any atom is 0.266 e. The molecule has 0 aliphatic rings. The summed E-state index contributed by atoms with van der Waals surface area (Å²) in [4.78, 5) is 3.75. The number of hydrogen-bond donors (Lipinski definition) is 2. The van der Waals surface area contributed by atoms with Gasteiger partial charge in [-0.1, -0.05) is 43.3 Å². The van der Waals surface area contributed by atoms with Crippen molar-refractivity contribution < 1.29 is 39.3 Å². The number of hydrogen-bond acceptors (Lipinski definition) is 7. The Morgan fingerprint density at radius 2 is 1.66 bits per heavy atom. The summed E-state index contributed by atoms with van der Waals surface area (Å²) in [6, 6.07) is 12.2. The highest BCUT2D eigenvalue weighted by Gasteiger charge is 2.31. The Bertz CT molecular complexity index is 1880. The van der Waals surface area contributed by atoms with E-state index in [2.05, 4.69) is 4.98 Å². The standard InChI is InChI=1S/C28H27ClF3N3O6S3/c1-28(2,17-4-9-22(29)25(12-17)41-3)26-15-33-27(35(26)19-7-5-18(30)6-8-19)42-16-21-23(31)13-20(14-24(21)32)44(39,40)34-10-11-43(36,37)38/h4-9,12-15,34H,10-11,16H2,1-3H3,(H,36,37,38). The fourth-order valence-corrected chi connectivity index (χ4v) is 7.06. The third-order valence-corrected chi connectivity index (χ3v) is 10.2. The van der Waals surface area contributed by atoms with Gasteiger partial charge in [0.1, 0.15) is 23.2 Å². The number of ether oxygens (including phenoxy) is 1. The van der Waals surface area contributed by atoms with Gasteiger partial charge in [-0.05, 0) is 54.1 Å². The summed E-state index contributed by atoms with van der Waals surface area (Å²) in [6.45, 7) is 3.17. The molecule has 16 heteroatoms. The van der Waals surface area contributed by atoms with E-state index >= 15 is 8.78 Å². The van der Waals surface area contributed by atoms with Crippen LogP contribution in [0.4, 0.5) is 13.2 Å². The molecule has 9 nitrogen and oxygen atoms in total. The minimum Gasteiger partial charge on any atom is -0.495 e. The summed E-state index contributed by atoms with van der Waals surface area (Å²) >= 11 is 7.20. The second-order valence-corrected chi connectivity index (χ2v) is 14.7. The molecule has 1 aromatic heterocycles. The van der Waals surface area contributed by atoms with Gasteiger partial charge in [0.15, 0.2) is 5.16 Å². The number of rotatable bonds is 12. The van der Waals surface area contributed by atoms with Crippen LogP contribution in [0, 0.1) is 17.5 Å². The Kier molecular flexibility index (Phi) is 10.1. The first kappa shape index (κ1) is 33.8. The molecule has 0 saturated carbocycles. The van der Waals surface area contributed by atoms with Gasteiger partial charge in [0.25, 0.3) is 10.1 Å². The Morgan fingerprint density at radius 3 is 2.25 bits per heavy atom. The van der Waals surface area contributed by atoms with Crippen LogP contribution in [-0.4, -0.2) is 50.3 Å². The molecule has 0 amide bonds. The van der Waals surface area contributed by atoms with E-state index in [0.29, 0.717) is 39.4 Å². The van der Waals surface area contributed by atoms with Gasteiger partial charge in [-0.25, -0.2) is 31.3 Å². The summed E-state index contributed by atoms with van der Waals surface area (Å²) in [5, 5.41) is 0.745. The van der Waals surface area contributed by atoms with E-state index in [9.17, 15) is 21.2 Å². The number of sulfonamides is 1. The molecule has 0 spiro atoms. The van der Waals surface area contributed by atoms with Crippen LogP contribution >= 0.6 is 23.4 Å². The van der Waals surface area contributed by atoms with Crippen LogP contribution in [0.25, 0.3) is 5.69 Å². The topological polar surface area (TPSA) is 128 Å². The normalized spacial score (nSPS) is 12.5. The minimum absolute atomic E-state index is 0.291. The predicted molar refractivity (Wildman–Crippen MR) is 161 cm³/mol. The van der Waals surface area contributed by atoms with E-state index in [1.54, 1.807) is 35.0 Å². The number of halogens is 4. The number of thioether (sulfide) groups is 1. The third-order valence-electron chi connectivity index (χ3n) is 6.75. The van der Waals surface area contributed by atoms with Crippen LogP contribution in [0.3, 0.4) is 0 Å². The summed E-state index contributed by atoms with van der Waals surface area (Å²) < 4.78 is 108. The molecule has 0 saturated heterocycles. The smallest absolute Gasteiger partial charge is 0.266 e. The molecule has 0 radical (unpaired) electrons. The molecule has 236 valence electrons. The van der Waals surface area contributed by atoms with Gasteiger partial charge in [-0.2, -0.15) is 8.42 Å². The van der Waals surface area contributed by atoms with E-state index in [0.717, 1.165) is 17.3 Å². The second-order valence-electron chi connectivity index (χ2n) is 10.1. The number of methoxy groups -OCH3 is 1. The number of imidazole rings is 1. The molecule has 4 rings (SSSR count). The lowest BCUT2D eigenvalue weighted by atomic mass is 9.81. The molecule has 0 aliphatic heterocycles. The quantitative estimate of drug-likeness (QED) is 0.143. The van der Waals surface area contributed by atoms with Crippen LogP contribution in [0.5, 0.6) is 5.75 Å². The number of nitrogens with one attached hydrogen (secondary N) is 1. The highest BCUT2D eigenvalue weighted by atomic mass is 35.5. The summed E-state index contributed by atoms with van der Waals surface area (Å²) in [5.74, 6) is -3.51. The molecule has 0 fully saturated rings. The molecular formula is C28H27ClF3N3O6S3. The Balaban J connectivity index is 1.68. The highest BCUT2D eigenvalue weighted by Crippen LogP contribution is 2.39. The molecule has 0 atom stereocenters. The maximum atomic E-state index is 15.1. The lowest BCUT2D eigenvalue weighted by Gasteiger charge is -2.28. The van der Waals surface area contributed by atoms with Gasteiger partial charge in [-0.15, -0.1) is 0 Å². The van der Waals surface area contributed by atoms with Gasteiger partial charge >= 0.3 is 0 Å². The van der Waals surface area contributed by atoms with E-state index < -0.39 is 65.8 Å². The average Bonchev–Trinajstić information content (AvgIpc) is 3.37. The van der Waals surface area contributed by atoms with E-state index in [1.807, 2.05) is 24.6 Å². The molecule has 3 aromatic carbocycles. The Morgan fingerprint density at radius 1 is 1.02 bits per heavy atom. The van der Waals surface area contributed by atoms with Crippen molar-refractivity contribution in [3.8, 4) is 11.4 Å². The third kappa shape index (κ3) is 7.58. The van der Waals surface area contributed by atoms with Crippen LogP contribution in [0.2, 0.25) is 5.02 Å². The van der Waals surface area contributed by atoms with E-state index in [-0.39, 0.29) is 5.75 Å². The van der Waals surface area contributed by atoms with Crippen molar-refractivity contribution in [2.24, 2.45) is 0 Å². The largest absolute Gasteiger partial charge is 0.495 e. The van der Waals surface area contributed by atoms with Gasteiger partial charge in [-0.3, -0.25) is 9.12 Å². The molecule has 0 aliphatic carbocycles. The first-order chi connectivity index (χ1) is 20.5. The molecule has 1 heterocycles. The van der Waals surface area contributed by atoms with Crippen molar-refractivity contribution in [1.82, 2.24) is 14.3 Å². The van der Waals surface area contributed by atoms with Crippen LogP contribution in [-0.2, 0) is 31.3 Å². The van der Waals surface area contributed by atoms with Gasteiger partial charge < -0.3 is 4.74 Å². The summed E-state index contributed by atoms with van der Waals surface area (Å²) in [7, 11) is -7.44. The average molecular weight is 690 g/mol. The SMILES string of the molecule is COc1cc(C(C)(C)c2cnc(SCc3c(F)cc(S(=O)(=O)NCCS(=O)(=O)O)cc3F)n2-c2ccc(F)cc2)ccc1Cl. The first-order valence-corrected chi connectivity index (χ1v) is 17.2. The maximum absolute atomic E-state index is 15.1. The fraction of sp³-hybridized carbons (Fsp3) is 0.250. The monoisotopic (exact) mass is 689 g/mol. The highest BCUT2D eigenvalue weighted by molar-refractivity contribution is 7.98. The zero-order valence-electron chi connectivity index (χ0n) is 23.5. The van der Waals surface area contributed by atoms with Crippen LogP contribution in [0.1, 0.15) is 30.7 Å². The van der Waals surface area contributed by atoms with Crippen LogP contribution < -0.4 is 9.46 Å². The van der Waals surface area contributed by atoms with Gasteiger partial charge in [0.05, 0.1) is 34.7 Å². The zero-order chi connectivity index (χ0) is 32.4. The summed E-state index contributed by atoms with van der Waals surface area (Å²) in [5.41, 5.74) is 0.872. The molecule has 44 heavy (non-hydrogen) atoms. The number of aromatic nitrogens is 2.